The first-order valence-corrected chi connectivity index (χ1v) is 8.35. The molecule has 3 unspecified atom stereocenters. The lowest BCUT2D eigenvalue weighted by atomic mass is 9.93. The van der Waals surface area contributed by atoms with E-state index in [1.807, 2.05) is 23.1 Å². The van der Waals surface area contributed by atoms with E-state index in [0.29, 0.717) is 11.8 Å². The van der Waals surface area contributed by atoms with Crippen LogP contribution in [0, 0.1) is 11.8 Å². The molecule has 0 spiro atoms. The lowest BCUT2D eigenvalue weighted by molar-refractivity contribution is -0.134. The second-order valence-electron chi connectivity index (χ2n) is 6.49. The lowest BCUT2D eigenvalue weighted by Gasteiger charge is -2.28. The van der Waals surface area contributed by atoms with Gasteiger partial charge in [0.2, 0.25) is 5.91 Å². The van der Waals surface area contributed by atoms with Crippen molar-refractivity contribution in [1.82, 2.24) is 10.2 Å². The second kappa shape index (κ2) is 6.61. The number of hydrogen-bond acceptors (Lipinski definition) is 2. The van der Waals surface area contributed by atoms with Gasteiger partial charge in [-0.15, -0.1) is 0 Å². The standard InChI is InChI=1S/C18H26N2O/c1-2-11-20(13-14-7-4-3-5-8-14)18(21)17-16-10-6-9-15(16)12-19-17/h3-5,7-8,15-17,19H,2,6,9-13H2,1H3. The van der Waals surface area contributed by atoms with E-state index in [-0.39, 0.29) is 6.04 Å². The number of carbonyl (C=O) groups is 1. The number of benzene rings is 1. The molecule has 3 nitrogen and oxygen atoms in total. The Bertz CT molecular complexity index is 473. The lowest BCUT2D eigenvalue weighted by Crippen LogP contribution is -2.46. The molecule has 21 heavy (non-hydrogen) atoms. The SMILES string of the molecule is CCCN(Cc1ccccc1)C(=O)C1NCC2CCCC21. The number of nitrogens with one attached hydrogen (secondary N) is 1. The predicted molar refractivity (Wildman–Crippen MR) is 84.8 cm³/mol. The molecular weight excluding hydrogens is 260 g/mol. The maximum Gasteiger partial charge on any atom is 0.240 e. The molecule has 3 rings (SSSR count). The van der Waals surface area contributed by atoms with Crippen LogP contribution in [0.5, 0.6) is 0 Å². The van der Waals surface area contributed by atoms with Crippen LogP contribution in [0.2, 0.25) is 0 Å². The Kier molecular flexibility index (Phi) is 4.59. The van der Waals surface area contributed by atoms with Gasteiger partial charge in [-0.05, 0) is 43.2 Å². The van der Waals surface area contributed by atoms with Crippen molar-refractivity contribution >= 4 is 5.91 Å². The Morgan fingerprint density at radius 2 is 2.10 bits per heavy atom. The molecule has 2 aliphatic rings. The van der Waals surface area contributed by atoms with E-state index in [4.69, 9.17) is 0 Å². The minimum absolute atomic E-state index is 0.0627. The van der Waals surface area contributed by atoms with Crippen LogP contribution in [0.25, 0.3) is 0 Å². The number of hydrogen-bond donors (Lipinski definition) is 1. The van der Waals surface area contributed by atoms with Gasteiger partial charge in [-0.25, -0.2) is 0 Å². The smallest absolute Gasteiger partial charge is 0.240 e. The summed E-state index contributed by atoms with van der Waals surface area (Å²) in [5.41, 5.74) is 1.22. The second-order valence-corrected chi connectivity index (χ2v) is 6.49. The van der Waals surface area contributed by atoms with Crippen molar-refractivity contribution < 1.29 is 4.79 Å². The molecule has 0 bridgehead atoms. The molecule has 1 aliphatic heterocycles. The zero-order chi connectivity index (χ0) is 14.7. The van der Waals surface area contributed by atoms with Crippen molar-refractivity contribution in [1.29, 1.82) is 0 Å². The molecule has 1 heterocycles. The van der Waals surface area contributed by atoms with Gasteiger partial charge in [-0.2, -0.15) is 0 Å². The van der Waals surface area contributed by atoms with Gasteiger partial charge in [-0.1, -0.05) is 43.7 Å². The van der Waals surface area contributed by atoms with E-state index in [1.54, 1.807) is 0 Å². The topological polar surface area (TPSA) is 32.3 Å². The normalized spacial score (nSPS) is 27.6. The minimum atomic E-state index is 0.0627. The Morgan fingerprint density at radius 3 is 2.86 bits per heavy atom. The molecular formula is C18H26N2O. The quantitative estimate of drug-likeness (QED) is 0.902. The Morgan fingerprint density at radius 1 is 1.29 bits per heavy atom. The van der Waals surface area contributed by atoms with Crippen LogP contribution >= 0.6 is 0 Å². The number of carbonyl (C=O) groups excluding carboxylic acids is 1. The summed E-state index contributed by atoms with van der Waals surface area (Å²) in [6, 6.07) is 10.4. The predicted octanol–water partition coefficient (Wildman–Crippen LogP) is 2.81. The molecule has 1 saturated heterocycles. The first-order valence-electron chi connectivity index (χ1n) is 8.35. The molecule has 0 aromatic heterocycles. The van der Waals surface area contributed by atoms with Gasteiger partial charge in [-0.3, -0.25) is 4.79 Å². The number of amides is 1. The van der Waals surface area contributed by atoms with Gasteiger partial charge < -0.3 is 10.2 Å². The summed E-state index contributed by atoms with van der Waals surface area (Å²) in [4.78, 5) is 15.0. The summed E-state index contributed by atoms with van der Waals surface area (Å²) in [7, 11) is 0. The molecule has 1 aromatic carbocycles. The third-order valence-corrected chi connectivity index (χ3v) is 5.03. The molecule has 114 valence electrons. The molecule has 1 aliphatic carbocycles. The van der Waals surface area contributed by atoms with Crippen LogP contribution in [-0.2, 0) is 11.3 Å². The average molecular weight is 286 g/mol. The molecule has 0 radical (unpaired) electrons. The third kappa shape index (κ3) is 3.13. The van der Waals surface area contributed by atoms with Crippen LogP contribution < -0.4 is 5.32 Å². The van der Waals surface area contributed by atoms with Crippen molar-refractivity contribution in [3.05, 3.63) is 35.9 Å². The molecule has 1 aromatic rings. The van der Waals surface area contributed by atoms with Crippen LogP contribution in [0.15, 0.2) is 30.3 Å². The van der Waals surface area contributed by atoms with Crippen LogP contribution in [0.4, 0.5) is 0 Å². The fraction of sp³-hybridized carbons (Fsp3) is 0.611. The number of rotatable bonds is 5. The Hall–Kier alpha value is -1.35. The molecule has 3 atom stereocenters. The third-order valence-electron chi connectivity index (χ3n) is 5.03. The van der Waals surface area contributed by atoms with Gasteiger partial charge in [0.1, 0.15) is 0 Å². The zero-order valence-electron chi connectivity index (χ0n) is 12.9. The first kappa shape index (κ1) is 14.6. The first-order chi connectivity index (χ1) is 10.3. The van der Waals surface area contributed by atoms with Crippen molar-refractivity contribution in [2.45, 2.75) is 45.2 Å². The zero-order valence-corrected chi connectivity index (χ0v) is 12.9. The van der Waals surface area contributed by atoms with Crippen molar-refractivity contribution in [3.63, 3.8) is 0 Å². The fourth-order valence-corrected chi connectivity index (χ4v) is 4.00. The van der Waals surface area contributed by atoms with E-state index < -0.39 is 0 Å². The summed E-state index contributed by atoms with van der Waals surface area (Å²) < 4.78 is 0. The number of nitrogens with zero attached hydrogens (tertiary/aromatic N) is 1. The van der Waals surface area contributed by atoms with Gasteiger partial charge in [0.25, 0.3) is 0 Å². The van der Waals surface area contributed by atoms with Crippen LogP contribution in [0.3, 0.4) is 0 Å². The van der Waals surface area contributed by atoms with Crippen LogP contribution in [-0.4, -0.2) is 29.9 Å². The summed E-state index contributed by atoms with van der Waals surface area (Å²) in [6.45, 7) is 4.77. The molecule has 1 amide bonds. The molecule has 3 heteroatoms. The van der Waals surface area contributed by atoms with Gasteiger partial charge >= 0.3 is 0 Å². The highest BCUT2D eigenvalue weighted by molar-refractivity contribution is 5.82. The minimum Gasteiger partial charge on any atom is -0.337 e. The monoisotopic (exact) mass is 286 g/mol. The van der Waals surface area contributed by atoms with E-state index in [0.717, 1.165) is 32.0 Å². The van der Waals surface area contributed by atoms with Crippen LogP contribution in [0.1, 0.15) is 38.2 Å². The largest absolute Gasteiger partial charge is 0.337 e. The summed E-state index contributed by atoms with van der Waals surface area (Å²) >= 11 is 0. The van der Waals surface area contributed by atoms with E-state index in [9.17, 15) is 4.79 Å². The Balaban J connectivity index is 1.69. The Labute approximate surface area is 127 Å². The molecule has 1 N–H and O–H groups in total. The highest BCUT2D eigenvalue weighted by Crippen LogP contribution is 2.38. The van der Waals surface area contributed by atoms with Crippen molar-refractivity contribution in [2.24, 2.45) is 11.8 Å². The maximum absolute atomic E-state index is 12.9. The van der Waals surface area contributed by atoms with Gasteiger partial charge in [0.05, 0.1) is 6.04 Å². The van der Waals surface area contributed by atoms with E-state index >= 15 is 0 Å². The summed E-state index contributed by atoms with van der Waals surface area (Å²) in [5.74, 6) is 1.63. The molecule has 1 saturated carbocycles. The van der Waals surface area contributed by atoms with Crippen molar-refractivity contribution in [3.8, 4) is 0 Å². The summed E-state index contributed by atoms with van der Waals surface area (Å²) in [5, 5.41) is 3.49. The highest BCUT2D eigenvalue weighted by Gasteiger charge is 2.43. The maximum atomic E-state index is 12.9. The average Bonchev–Trinajstić information content (AvgIpc) is 3.10. The van der Waals surface area contributed by atoms with Gasteiger partial charge in [0, 0.05) is 13.1 Å². The fourth-order valence-electron chi connectivity index (χ4n) is 4.00. The van der Waals surface area contributed by atoms with Gasteiger partial charge in [0.15, 0.2) is 0 Å². The summed E-state index contributed by atoms with van der Waals surface area (Å²) in [6.07, 6.45) is 4.83. The van der Waals surface area contributed by atoms with Crippen molar-refractivity contribution in [2.75, 3.05) is 13.1 Å². The molecule has 2 fully saturated rings. The van der Waals surface area contributed by atoms with E-state index in [1.165, 1.54) is 24.8 Å². The number of fused-ring (bicyclic) bond motifs is 1. The van der Waals surface area contributed by atoms with E-state index in [2.05, 4.69) is 24.4 Å². The highest BCUT2D eigenvalue weighted by atomic mass is 16.2.